The van der Waals surface area contributed by atoms with E-state index in [-0.39, 0.29) is 32.6 Å². The minimum Gasteiger partial charge on any atom is -0.462 e. The summed E-state index contributed by atoms with van der Waals surface area (Å²) in [5.74, 6) is -0.952. The van der Waals surface area contributed by atoms with E-state index in [2.05, 4.69) is 32.1 Å². The Hall–Kier alpha value is -2.59. The Morgan fingerprint density at radius 1 is 0.667 bits per heavy atom. The molecular formula is C43H74NO9P. The van der Waals surface area contributed by atoms with Crippen LogP contribution in [0.25, 0.3) is 0 Å². The van der Waals surface area contributed by atoms with Crippen LogP contribution in [0, 0.1) is 0 Å². The summed E-state index contributed by atoms with van der Waals surface area (Å²) in [5, 5.41) is 9.83. The lowest BCUT2D eigenvalue weighted by molar-refractivity contribution is -0.161. The SMILES string of the molecule is CC/C=C\CC(O)/C=C/C=C/C/C=C\C/C=C\C/C=C\CCC(=O)O[C@H](COC(=O)CCCCCCCCCCCCCCC)COP(=O)(O)OCCN. The number of hydrogen-bond acceptors (Lipinski definition) is 9. The van der Waals surface area contributed by atoms with Crippen molar-refractivity contribution < 1.29 is 42.7 Å². The van der Waals surface area contributed by atoms with Crippen molar-refractivity contribution in [1.82, 2.24) is 0 Å². The lowest BCUT2D eigenvalue weighted by Crippen LogP contribution is -2.29. The minimum absolute atomic E-state index is 0.0329. The van der Waals surface area contributed by atoms with Crippen LogP contribution in [-0.4, -0.2) is 60.5 Å². The number of rotatable bonds is 37. The fourth-order valence-corrected chi connectivity index (χ4v) is 5.92. The molecule has 10 nitrogen and oxygen atoms in total. The molecule has 0 aromatic heterocycles. The number of aliphatic hydroxyl groups excluding tert-OH is 1. The number of phosphoric acid groups is 1. The third-order valence-electron chi connectivity index (χ3n) is 8.20. The number of ether oxygens (including phenoxy) is 2. The van der Waals surface area contributed by atoms with Gasteiger partial charge in [-0.25, -0.2) is 4.57 Å². The zero-order chi connectivity index (χ0) is 39.8. The second-order valence-corrected chi connectivity index (χ2v) is 14.8. The maximum atomic E-state index is 12.5. The highest BCUT2D eigenvalue weighted by molar-refractivity contribution is 7.47. The van der Waals surface area contributed by atoms with Gasteiger partial charge in [0.25, 0.3) is 0 Å². The number of phosphoric ester groups is 1. The molecule has 0 aliphatic rings. The fraction of sp³-hybridized carbons (Fsp3) is 0.674. The highest BCUT2D eigenvalue weighted by Crippen LogP contribution is 2.43. The van der Waals surface area contributed by atoms with Crippen LogP contribution in [0.3, 0.4) is 0 Å². The van der Waals surface area contributed by atoms with Gasteiger partial charge < -0.3 is 25.2 Å². The molecular weight excluding hydrogens is 705 g/mol. The van der Waals surface area contributed by atoms with Crippen LogP contribution in [0.5, 0.6) is 0 Å². The van der Waals surface area contributed by atoms with Crippen molar-refractivity contribution >= 4 is 19.8 Å². The summed E-state index contributed by atoms with van der Waals surface area (Å²) in [7, 11) is -4.41. The Balaban J connectivity index is 4.37. The van der Waals surface area contributed by atoms with Gasteiger partial charge in [-0.15, -0.1) is 0 Å². The standard InChI is InChI=1S/C43H74NO9P/c1-3-5-7-8-9-10-11-13-17-20-23-26-30-34-42(46)50-38-41(39-52-54(48,49)51-37-36-44)53-43(47)35-31-27-24-21-18-15-12-14-16-19-22-25-29-33-40(45)32-28-6-4-2/h6,14-16,18,22,24-25,27-29,33,40-41,45H,3-5,7-13,17,19-21,23,26,30-32,34-39,44H2,1-2H3,(H,48,49)/b16-14-,18-15-,25-22+,27-24-,28-6-,33-29+/t40?,41-/m1/s1. The Kier molecular flexibility index (Phi) is 36.8. The van der Waals surface area contributed by atoms with Crippen LogP contribution in [0.1, 0.15) is 149 Å². The molecule has 2 unspecified atom stereocenters. The summed E-state index contributed by atoms with van der Waals surface area (Å²) >= 11 is 0. The van der Waals surface area contributed by atoms with Gasteiger partial charge in [0.1, 0.15) is 6.61 Å². The molecule has 0 fully saturated rings. The van der Waals surface area contributed by atoms with Gasteiger partial charge in [-0.3, -0.25) is 18.6 Å². The van der Waals surface area contributed by atoms with Gasteiger partial charge >= 0.3 is 19.8 Å². The maximum absolute atomic E-state index is 12.5. The van der Waals surface area contributed by atoms with Crippen molar-refractivity contribution in [2.45, 2.75) is 161 Å². The first-order valence-corrected chi connectivity index (χ1v) is 22.0. The molecule has 3 atom stereocenters. The smallest absolute Gasteiger partial charge is 0.462 e. The number of carbonyl (C=O) groups excluding carboxylic acids is 2. The molecule has 0 aliphatic carbocycles. The number of nitrogens with two attached hydrogens (primary N) is 1. The van der Waals surface area contributed by atoms with Crippen LogP contribution < -0.4 is 5.73 Å². The Labute approximate surface area is 327 Å². The van der Waals surface area contributed by atoms with Gasteiger partial charge in [-0.1, -0.05) is 164 Å². The average molecular weight is 780 g/mol. The zero-order valence-corrected chi connectivity index (χ0v) is 34.4. The van der Waals surface area contributed by atoms with E-state index in [1.165, 1.54) is 64.2 Å². The Morgan fingerprint density at radius 3 is 1.83 bits per heavy atom. The van der Waals surface area contributed by atoms with E-state index in [0.717, 1.165) is 44.9 Å². The summed E-state index contributed by atoms with van der Waals surface area (Å²) in [6, 6.07) is 0. The number of carbonyl (C=O) groups is 2. The molecule has 0 aromatic rings. The van der Waals surface area contributed by atoms with E-state index in [1.807, 2.05) is 48.6 Å². The van der Waals surface area contributed by atoms with E-state index in [1.54, 1.807) is 6.08 Å². The topological polar surface area (TPSA) is 155 Å². The third-order valence-corrected chi connectivity index (χ3v) is 9.18. The quantitative estimate of drug-likeness (QED) is 0.0182. The molecule has 0 bridgehead atoms. The van der Waals surface area contributed by atoms with E-state index in [0.29, 0.717) is 12.8 Å². The highest BCUT2D eigenvalue weighted by Gasteiger charge is 2.25. The summed E-state index contributed by atoms with van der Waals surface area (Å²) in [4.78, 5) is 34.7. The van der Waals surface area contributed by atoms with Crippen molar-refractivity contribution in [3.8, 4) is 0 Å². The molecule has 0 amide bonds. The van der Waals surface area contributed by atoms with E-state index in [9.17, 15) is 24.2 Å². The Morgan fingerprint density at radius 2 is 1.24 bits per heavy atom. The lowest BCUT2D eigenvalue weighted by Gasteiger charge is -2.19. The van der Waals surface area contributed by atoms with Gasteiger partial charge in [0.2, 0.25) is 0 Å². The predicted molar refractivity (Wildman–Crippen MR) is 221 cm³/mol. The molecule has 0 spiro atoms. The van der Waals surface area contributed by atoms with Gasteiger partial charge in [0, 0.05) is 19.4 Å². The van der Waals surface area contributed by atoms with Crippen LogP contribution in [0.4, 0.5) is 0 Å². The van der Waals surface area contributed by atoms with E-state index < -0.39 is 38.6 Å². The molecule has 0 rings (SSSR count). The largest absolute Gasteiger partial charge is 0.472 e. The van der Waals surface area contributed by atoms with Gasteiger partial charge in [0.15, 0.2) is 6.10 Å². The fourth-order valence-electron chi connectivity index (χ4n) is 5.16. The number of hydrogen-bond donors (Lipinski definition) is 3. The van der Waals surface area contributed by atoms with Crippen molar-refractivity contribution in [1.29, 1.82) is 0 Å². The number of unbranched alkanes of at least 4 members (excludes halogenated alkanes) is 12. The number of aliphatic hydroxyl groups is 1. The molecule has 0 saturated heterocycles. The Bertz CT molecular complexity index is 1130. The lowest BCUT2D eigenvalue weighted by atomic mass is 10.0. The first kappa shape index (κ1) is 51.4. The van der Waals surface area contributed by atoms with Crippen molar-refractivity contribution in [2.75, 3.05) is 26.4 Å². The van der Waals surface area contributed by atoms with Crippen molar-refractivity contribution in [3.05, 3.63) is 72.9 Å². The van der Waals surface area contributed by atoms with Gasteiger partial charge in [-0.05, 0) is 44.9 Å². The predicted octanol–water partition coefficient (Wildman–Crippen LogP) is 10.5. The molecule has 0 heterocycles. The maximum Gasteiger partial charge on any atom is 0.472 e. The second kappa shape index (κ2) is 38.7. The summed E-state index contributed by atoms with van der Waals surface area (Å²) in [6.07, 6.45) is 42.8. The van der Waals surface area contributed by atoms with Crippen LogP contribution in [0.15, 0.2) is 72.9 Å². The van der Waals surface area contributed by atoms with Crippen LogP contribution >= 0.6 is 7.82 Å². The van der Waals surface area contributed by atoms with Gasteiger partial charge in [-0.2, -0.15) is 0 Å². The number of esters is 2. The molecule has 0 aromatic carbocycles. The van der Waals surface area contributed by atoms with Crippen LogP contribution in [0.2, 0.25) is 0 Å². The molecule has 310 valence electrons. The summed E-state index contributed by atoms with van der Waals surface area (Å²) < 4.78 is 32.6. The highest BCUT2D eigenvalue weighted by atomic mass is 31.2. The van der Waals surface area contributed by atoms with Crippen molar-refractivity contribution in [2.24, 2.45) is 5.73 Å². The normalized spacial score (nSPS) is 14.7. The molecule has 0 saturated carbocycles. The third kappa shape index (κ3) is 37.7. The first-order chi connectivity index (χ1) is 26.2. The molecule has 54 heavy (non-hydrogen) atoms. The molecule has 0 radical (unpaired) electrons. The van der Waals surface area contributed by atoms with E-state index >= 15 is 0 Å². The van der Waals surface area contributed by atoms with Gasteiger partial charge in [0.05, 0.1) is 19.3 Å². The monoisotopic (exact) mass is 780 g/mol. The van der Waals surface area contributed by atoms with E-state index in [4.69, 9.17) is 24.3 Å². The zero-order valence-electron chi connectivity index (χ0n) is 33.5. The molecule has 11 heteroatoms. The molecule has 4 N–H and O–H groups in total. The molecule has 0 aliphatic heterocycles. The second-order valence-electron chi connectivity index (χ2n) is 13.3. The summed E-state index contributed by atoms with van der Waals surface area (Å²) in [6.45, 7) is 3.40. The first-order valence-electron chi connectivity index (χ1n) is 20.5. The average Bonchev–Trinajstić information content (AvgIpc) is 3.15. The van der Waals surface area contributed by atoms with Crippen LogP contribution in [-0.2, 0) is 32.7 Å². The minimum atomic E-state index is -4.41. The van der Waals surface area contributed by atoms with Crippen molar-refractivity contribution in [3.63, 3.8) is 0 Å². The summed E-state index contributed by atoms with van der Waals surface area (Å²) in [5.41, 5.74) is 5.33. The number of allylic oxidation sites excluding steroid dienone is 10.